The smallest absolute Gasteiger partial charge is 0.373 e. The lowest BCUT2D eigenvalue weighted by molar-refractivity contribution is -0.162. The second-order valence-electron chi connectivity index (χ2n) is 12.8. The fourth-order valence-electron chi connectivity index (χ4n) is 9.30. The van der Waals surface area contributed by atoms with Gasteiger partial charge in [0.05, 0.1) is 19.8 Å². The Morgan fingerprint density at radius 2 is 1.89 bits per heavy atom. The van der Waals surface area contributed by atoms with E-state index in [-0.39, 0.29) is 24.3 Å². The molecule has 8 atom stereocenters. The van der Waals surface area contributed by atoms with E-state index in [9.17, 15) is 14.7 Å². The van der Waals surface area contributed by atoms with Crippen LogP contribution in [-0.2, 0) is 16.1 Å². The molecular weight excluding hydrogens is 454 g/mol. The standard InChI is InChI=1S/C30H45NO5/c1-29-15-5-4-7-20(29)17-24(32)27-22-12-10-19(30(22,2)16-14-23(27)29)8-6-9-26(33)31-18-21-11-13-25(36-21)28(34)35-3/h11,13,19-20,22-24,27,32H,4-10,12,14-18H2,1-3H3,(H,31,33)/t19?,20?,22?,23?,24-,27?,29?,30?/m0/s1. The van der Waals surface area contributed by atoms with Crippen molar-refractivity contribution in [2.24, 2.45) is 40.4 Å². The monoisotopic (exact) mass is 499 g/mol. The van der Waals surface area contributed by atoms with Gasteiger partial charge in [-0.15, -0.1) is 0 Å². The summed E-state index contributed by atoms with van der Waals surface area (Å²) < 4.78 is 10.1. The van der Waals surface area contributed by atoms with Gasteiger partial charge in [-0.05, 0) is 110 Å². The lowest BCUT2D eigenvalue weighted by atomic mass is 9.44. The highest BCUT2D eigenvalue weighted by atomic mass is 16.5. The molecule has 36 heavy (non-hydrogen) atoms. The van der Waals surface area contributed by atoms with Gasteiger partial charge in [0.25, 0.3) is 0 Å². The van der Waals surface area contributed by atoms with Crippen molar-refractivity contribution in [1.82, 2.24) is 5.32 Å². The summed E-state index contributed by atoms with van der Waals surface area (Å²) in [4.78, 5) is 24.0. The molecule has 1 aromatic heterocycles. The maximum absolute atomic E-state index is 12.5. The van der Waals surface area contributed by atoms with E-state index in [4.69, 9.17) is 4.42 Å². The molecule has 0 spiro atoms. The predicted octanol–water partition coefficient (Wildman–Crippen LogP) is 5.87. The molecule has 7 unspecified atom stereocenters. The Hall–Kier alpha value is -1.82. The highest BCUT2D eigenvalue weighted by molar-refractivity contribution is 5.86. The minimum atomic E-state index is -0.515. The average molecular weight is 500 g/mol. The van der Waals surface area contributed by atoms with Crippen LogP contribution in [0.5, 0.6) is 0 Å². The van der Waals surface area contributed by atoms with E-state index in [1.165, 1.54) is 58.5 Å². The van der Waals surface area contributed by atoms with Crippen LogP contribution < -0.4 is 5.32 Å². The van der Waals surface area contributed by atoms with E-state index in [1.807, 2.05) is 0 Å². The lowest BCUT2D eigenvalue weighted by Gasteiger charge is -2.62. The SMILES string of the molecule is COC(=O)c1ccc(CNC(=O)CCCC2CCC3C4C(CCC23C)C2(C)CCCCC2C[C@@H]4O)o1. The molecule has 4 saturated carbocycles. The number of fused-ring (bicyclic) bond motifs is 5. The first-order valence-electron chi connectivity index (χ1n) is 14.4. The number of amides is 1. The zero-order chi connectivity index (χ0) is 25.5. The van der Waals surface area contributed by atoms with Crippen LogP contribution in [0, 0.1) is 40.4 Å². The molecule has 4 fully saturated rings. The van der Waals surface area contributed by atoms with Crippen molar-refractivity contribution < 1.29 is 23.8 Å². The second kappa shape index (κ2) is 10.2. The summed E-state index contributed by atoms with van der Waals surface area (Å²) in [6.07, 6.45) is 13.8. The summed E-state index contributed by atoms with van der Waals surface area (Å²) in [7, 11) is 1.31. The Morgan fingerprint density at radius 1 is 1.08 bits per heavy atom. The maximum Gasteiger partial charge on any atom is 0.373 e. The highest BCUT2D eigenvalue weighted by Crippen LogP contribution is 2.67. The van der Waals surface area contributed by atoms with Crippen LogP contribution in [0.25, 0.3) is 0 Å². The van der Waals surface area contributed by atoms with Gasteiger partial charge in [0.15, 0.2) is 0 Å². The molecule has 6 heteroatoms. The Morgan fingerprint density at radius 3 is 2.69 bits per heavy atom. The zero-order valence-electron chi connectivity index (χ0n) is 22.4. The number of furan rings is 1. The summed E-state index contributed by atoms with van der Waals surface area (Å²) in [5, 5.41) is 14.3. The van der Waals surface area contributed by atoms with E-state index in [0.717, 1.165) is 25.2 Å². The molecule has 0 aromatic carbocycles. The second-order valence-corrected chi connectivity index (χ2v) is 12.8. The van der Waals surface area contributed by atoms with Crippen molar-refractivity contribution in [2.45, 2.75) is 104 Å². The molecule has 1 aromatic rings. The van der Waals surface area contributed by atoms with Gasteiger partial charge >= 0.3 is 5.97 Å². The number of esters is 1. The fraction of sp³-hybridized carbons (Fsp3) is 0.800. The lowest BCUT2D eigenvalue weighted by Crippen LogP contribution is -2.57. The van der Waals surface area contributed by atoms with E-state index >= 15 is 0 Å². The van der Waals surface area contributed by atoms with E-state index in [1.54, 1.807) is 12.1 Å². The van der Waals surface area contributed by atoms with Gasteiger partial charge in [0.2, 0.25) is 11.7 Å². The quantitative estimate of drug-likeness (QED) is 0.458. The van der Waals surface area contributed by atoms with Crippen LogP contribution in [0.1, 0.15) is 107 Å². The van der Waals surface area contributed by atoms with Gasteiger partial charge in [-0.1, -0.05) is 26.7 Å². The summed E-state index contributed by atoms with van der Waals surface area (Å²) in [6, 6.07) is 3.26. The number of methoxy groups -OCH3 is 1. The third kappa shape index (κ3) is 4.52. The van der Waals surface area contributed by atoms with Crippen LogP contribution in [0.2, 0.25) is 0 Å². The summed E-state index contributed by atoms with van der Waals surface area (Å²) in [5.74, 6) is 3.36. The molecule has 6 nitrogen and oxygen atoms in total. The van der Waals surface area contributed by atoms with Crippen molar-refractivity contribution in [3.63, 3.8) is 0 Å². The molecule has 4 aliphatic carbocycles. The van der Waals surface area contributed by atoms with Crippen LogP contribution in [0.3, 0.4) is 0 Å². The molecule has 0 aliphatic heterocycles. The first kappa shape index (κ1) is 25.8. The number of nitrogens with one attached hydrogen (secondary N) is 1. The van der Waals surface area contributed by atoms with Gasteiger partial charge in [-0.2, -0.15) is 0 Å². The summed E-state index contributed by atoms with van der Waals surface area (Å²) in [6.45, 7) is 5.34. The number of rotatable bonds is 7. The summed E-state index contributed by atoms with van der Waals surface area (Å²) in [5.41, 5.74) is 0.736. The minimum absolute atomic E-state index is 0.0217. The molecule has 4 aliphatic rings. The summed E-state index contributed by atoms with van der Waals surface area (Å²) >= 11 is 0. The fourth-order valence-corrected chi connectivity index (χ4v) is 9.30. The third-order valence-electron chi connectivity index (χ3n) is 11.3. The molecule has 200 valence electrons. The van der Waals surface area contributed by atoms with Gasteiger partial charge in [-0.25, -0.2) is 4.79 Å². The number of hydrogen-bond acceptors (Lipinski definition) is 5. The van der Waals surface area contributed by atoms with E-state index < -0.39 is 5.97 Å². The zero-order valence-corrected chi connectivity index (χ0v) is 22.4. The maximum atomic E-state index is 12.5. The number of hydrogen-bond donors (Lipinski definition) is 2. The number of aliphatic hydroxyl groups is 1. The topological polar surface area (TPSA) is 88.8 Å². The van der Waals surface area contributed by atoms with Crippen molar-refractivity contribution in [1.29, 1.82) is 0 Å². The van der Waals surface area contributed by atoms with Crippen LogP contribution in [-0.4, -0.2) is 30.2 Å². The van der Waals surface area contributed by atoms with E-state index in [2.05, 4.69) is 23.9 Å². The molecule has 2 N–H and O–H groups in total. The number of ether oxygens (including phenoxy) is 1. The molecule has 0 saturated heterocycles. The van der Waals surface area contributed by atoms with E-state index in [0.29, 0.717) is 46.7 Å². The van der Waals surface area contributed by atoms with Crippen molar-refractivity contribution in [2.75, 3.05) is 7.11 Å². The normalized spacial score (nSPS) is 39.6. The van der Waals surface area contributed by atoms with Crippen molar-refractivity contribution in [3.8, 4) is 0 Å². The van der Waals surface area contributed by atoms with Gasteiger partial charge < -0.3 is 19.6 Å². The molecule has 5 rings (SSSR count). The molecule has 1 amide bonds. The van der Waals surface area contributed by atoms with Gasteiger partial charge in [0.1, 0.15) is 5.76 Å². The highest BCUT2D eigenvalue weighted by Gasteiger charge is 2.61. The number of carbonyl (C=O) groups is 2. The predicted molar refractivity (Wildman–Crippen MR) is 137 cm³/mol. The van der Waals surface area contributed by atoms with Gasteiger partial charge in [-0.3, -0.25) is 4.79 Å². The third-order valence-corrected chi connectivity index (χ3v) is 11.3. The Kier molecular flexibility index (Phi) is 7.28. The number of carbonyl (C=O) groups excluding carboxylic acids is 2. The van der Waals surface area contributed by atoms with Crippen LogP contribution in [0.4, 0.5) is 0 Å². The first-order valence-corrected chi connectivity index (χ1v) is 14.4. The van der Waals surface area contributed by atoms with Crippen LogP contribution in [0.15, 0.2) is 16.5 Å². The van der Waals surface area contributed by atoms with Gasteiger partial charge in [0, 0.05) is 6.42 Å². The van der Waals surface area contributed by atoms with Crippen molar-refractivity contribution >= 4 is 11.9 Å². The van der Waals surface area contributed by atoms with Crippen molar-refractivity contribution in [3.05, 3.63) is 23.7 Å². The average Bonchev–Trinajstić information content (AvgIpc) is 3.47. The van der Waals surface area contributed by atoms with Crippen LogP contribution >= 0.6 is 0 Å². The minimum Gasteiger partial charge on any atom is -0.463 e. The number of aliphatic hydroxyl groups excluding tert-OH is 1. The molecular formula is C30H45NO5. The first-order chi connectivity index (χ1) is 17.3. The Labute approximate surface area is 215 Å². The molecule has 0 radical (unpaired) electrons. The molecule has 0 bridgehead atoms. The largest absolute Gasteiger partial charge is 0.463 e. The Bertz CT molecular complexity index is 957. The molecule has 1 heterocycles. The Balaban J connectivity index is 1.13.